The maximum absolute atomic E-state index is 12.9. The van der Waals surface area contributed by atoms with Gasteiger partial charge in [-0.15, -0.1) is 0 Å². The van der Waals surface area contributed by atoms with E-state index in [0.717, 1.165) is 5.56 Å². The third-order valence-corrected chi connectivity index (χ3v) is 6.27. The number of aliphatic hydroxyl groups is 1. The minimum absolute atomic E-state index is 0.110. The Bertz CT molecular complexity index is 925. The first-order chi connectivity index (χ1) is 16.9. The van der Waals surface area contributed by atoms with Gasteiger partial charge >= 0.3 is 5.97 Å². The third-order valence-electron chi connectivity index (χ3n) is 6.27. The smallest absolute Gasteiger partial charge is 0.326 e. The van der Waals surface area contributed by atoms with E-state index in [1.165, 1.54) is 6.92 Å². The van der Waals surface area contributed by atoms with Crippen LogP contribution in [0.4, 0.5) is 0 Å². The van der Waals surface area contributed by atoms with Gasteiger partial charge in [0.1, 0.15) is 30.4 Å². The number of ether oxygens (including phenoxy) is 3. The van der Waals surface area contributed by atoms with Crippen LogP contribution in [-0.4, -0.2) is 76.5 Å². The Hall–Kier alpha value is -2.57. The van der Waals surface area contributed by atoms with Crippen molar-refractivity contribution in [3.8, 4) is 0 Å². The minimum Gasteiger partial charge on any atom is -0.480 e. The lowest BCUT2D eigenvalue weighted by atomic mass is 9.99. The molecular formula is C25H37N3O8. The summed E-state index contributed by atoms with van der Waals surface area (Å²) in [5, 5.41) is 28.6. The molecule has 2 aliphatic rings. The van der Waals surface area contributed by atoms with E-state index in [9.17, 15) is 24.6 Å². The summed E-state index contributed by atoms with van der Waals surface area (Å²) >= 11 is 0. The molecule has 5 N–H and O–H groups in total. The normalized spacial score (nSPS) is 27.2. The zero-order chi connectivity index (χ0) is 26.6. The molecule has 2 saturated heterocycles. The van der Waals surface area contributed by atoms with Crippen molar-refractivity contribution < 1.29 is 38.8 Å². The number of aliphatic hydroxyl groups excluding tert-OH is 1. The first-order valence-corrected chi connectivity index (χ1v) is 12.2. The van der Waals surface area contributed by atoms with Crippen molar-refractivity contribution in [1.29, 1.82) is 0 Å². The summed E-state index contributed by atoms with van der Waals surface area (Å²) in [7, 11) is 0. The summed E-state index contributed by atoms with van der Waals surface area (Å²) < 4.78 is 17.5. The topological polar surface area (TPSA) is 155 Å². The molecule has 0 saturated carbocycles. The van der Waals surface area contributed by atoms with Crippen LogP contribution in [0.15, 0.2) is 30.3 Å². The van der Waals surface area contributed by atoms with Crippen molar-refractivity contribution >= 4 is 17.8 Å². The van der Waals surface area contributed by atoms with E-state index in [0.29, 0.717) is 6.54 Å². The lowest BCUT2D eigenvalue weighted by Gasteiger charge is -2.29. The van der Waals surface area contributed by atoms with E-state index in [1.807, 2.05) is 30.3 Å². The molecule has 11 heteroatoms. The highest BCUT2D eigenvalue weighted by Gasteiger charge is 2.56. The fourth-order valence-corrected chi connectivity index (χ4v) is 4.36. The molecule has 2 amide bonds. The molecule has 1 unspecified atom stereocenters. The Morgan fingerprint density at radius 1 is 1.06 bits per heavy atom. The van der Waals surface area contributed by atoms with E-state index in [-0.39, 0.29) is 12.3 Å². The van der Waals surface area contributed by atoms with Crippen LogP contribution in [-0.2, 0) is 35.1 Å². The van der Waals surface area contributed by atoms with E-state index in [4.69, 9.17) is 14.2 Å². The van der Waals surface area contributed by atoms with E-state index in [1.54, 1.807) is 27.7 Å². The van der Waals surface area contributed by atoms with Crippen LogP contribution in [0, 0.1) is 5.92 Å². The van der Waals surface area contributed by atoms with Gasteiger partial charge in [-0.05, 0) is 32.3 Å². The van der Waals surface area contributed by atoms with Gasteiger partial charge in [-0.25, -0.2) is 4.79 Å². The van der Waals surface area contributed by atoms with Crippen LogP contribution in [0.2, 0.25) is 0 Å². The number of nitrogens with one attached hydrogen (secondary N) is 3. The molecule has 7 atom stereocenters. The van der Waals surface area contributed by atoms with Gasteiger partial charge in [0.2, 0.25) is 11.8 Å². The summed E-state index contributed by atoms with van der Waals surface area (Å²) in [5.41, 5.74) is 0.977. The molecule has 2 fully saturated rings. The van der Waals surface area contributed by atoms with Crippen molar-refractivity contribution in [2.75, 3.05) is 0 Å². The lowest BCUT2D eigenvalue weighted by Crippen LogP contribution is -2.54. The van der Waals surface area contributed by atoms with Crippen molar-refractivity contribution in [2.45, 2.75) is 96.1 Å². The van der Waals surface area contributed by atoms with E-state index < -0.39 is 66.3 Å². The molecule has 11 nitrogen and oxygen atoms in total. The minimum atomic E-state index is -1.15. The maximum atomic E-state index is 12.9. The van der Waals surface area contributed by atoms with Crippen molar-refractivity contribution in [2.24, 2.45) is 5.92 Å². The summed E-state index contributed by atoms with van der Waals surface area (Å²) in [6, 6.07) is 6.90. The summed E-state index contributed by atoms with van der Waals surface area (Å²) in [6.45, 7) is 8.72. The lowest BCUT2D eigenvalue weighted by molar-refractivity contribution is -0.218. The fraction of sp³-hybridized carbons (Fsp3) is 0.640. The molecule has 36 heavy (non-hydrogen) atoms. The molecule has 0 bridgehead atoms. The molecule has 0 radical (unpaired) electrons. The second-order valence-corrected chi connectivity index (χ2v) is 10.1. The fourth-order valence-electron chi connectivity index (χ4n) is 4.36. The first-order valence-electron chi connectivity index (χ1n) is 12.2. The average molecular weight is 508 g/mol. The number of benzene rings is 1. The molecule has 0 aromatic heterocycles. The molecule has 2 heterocycles. The maximum Gasteiger partial charge on any atom is 0.326 e. The molecule has 2 aliphatic heterocycles. The van der Waals surface area contributed by atoms with Gasteiger partial charge in [0, 0.05) is 19.0 Å². The second kappa shape index (κ2) is 11.7. The number of fused-ring (bicyclic) bond motifs is 1. The summed E-state index contributed by atoms with van der Waals surface area (Å²) in [4.78, 5) is 36.8. The van der Waals surface area contributed by atoms with Crippen LogP contribution in [0.5, 0.6) is 0 Å². The third kappa shape index (κ3) is 7.01. The Kier molecular flexibility index (Phi) is 9.07. The average Bonchev–Trinajstić information content (AvgIpc) is 3.26. The number of hydrogen-bond donors (Lipinski definition) is 5. The van der Waals surface area contributed by atoms with Gasteiger partial charge in [-0.3, -0.25) is 9.59 Å². The number of rotatable bonds is 11. The van der Waals surface area contributed by atoms with Gasteiger partial charge in [0.05, 0.1) is 0 Å². The number of aliphatic carboxylic acids is 1. The Morgan fingerprint density at radius 3 is 2.31 bits per heavy atom. The second-order valence-electron chi connectivity index (χ2n) is 10.1. The molecule has 1 aromatic carbocycles. The highest BCUT2D eigenvalue weighted by atomic mass is 16.8. The molecule has 0 aliphatic carbocycles. The SMILES string of the molecule is CC(C)[C@H](NC(=O)[C@H](C)NC(=O)C[C@H](NCc1ccccc1)C1O[C@@H]2OC(C)(C)O[C@@H]2[C@H]1O)C(=O)O. The van der Waals surface area contributed by atoms with E-state index >= 15 is 0 Å². The van der Waals surface area contributed by atoms with Crippen molar-refractivity contribution in [1.82, 2.24) is 16.0 Å². The number of carbonyl (C=O) groups excluding carboxylic acids is 2. The highest BCUT2D eigenvalue weighted by molar-refractivity contribution is 5.90. The number of hydrogen-bond acceptors (Lipinski definition) is 8. The van der Waals surface area contributed by atoms with Gasteiger partial charge in [0.15, 0.2) is 12.1 Å². The molecule has 200 valence electrons. The number of carboxylic acid groups (broad SMARTS) is 1. The Balaban J connectivity index is 1.65. The Labute approximate surface area is 210 Å². The van der Waals surface area contributed by atoms with Crippen LogP contribution in [0.1, 0.15) is 46.6 Å². The van der Waals surface area contributed by atoms with Crippen molar-refractivity contribution in [3.63, 3.8) is 0 Å². The van der Waals surface area contributed by atoms with Crippen LogP contribution in [0.25, 0.3) is 0 Å². The van der Waals surface area contributed by atoms with Crippen molar-refractivity contribution in [3.05, 3.63) is 35.9 Å². The van der Waals surface area contributed by atoms with Gasteiger partial charge in [-0.1, -0.05) is 44.2 Å². The predicted octanol–water partition coefficient (Wildman–Crippen LogP) is 0.502. The van der Waals surface area contributed by atoms with Gasteiger partial charge < -0.3 is 40.4 Å². The van der Waals surface area contributed by atoms with Crippen LogP contribution >= 0.6 is 0 Å². The highest BCUT2D eigenvalue weighted by Crippen LogP contribution is 2.38. The summed E-state index contributed by atoms with van der Waals surface area (Å²) in [6.07, 6.45) is -3.41. The van der Waals surface area contributed by atoms with Gasteiger partial charge in [-0.2, -0.15) is 0 Å². The largest absolute Gasteiger partial charge is 0.480 e. The number of carboxylic acids is 1. The zero-order valence-corrected chi connectivity index (χ0v) is 21.3. The van der Waals surface area contributed by atoms with Crippen LogP contribution < -0.4 is 16.0 Å². The van der Waals surface area contributed by atoms with Crippen LogP contribution in [0.3, 0.4) is 0 Å². The number of amides is 2. The van der Waals surface area contributed by atoms with E-state index in [2.05, 4.69) is 16.0 Å². The molecule has 3 rings (SSSR count). The summed E-state index contributed by atoms with van der Waals surface area (Å²) in [5.74, 6) is -3.43. The predicted molar refractivity (Wildman–Crippen MR) is 128 cm³/mol. The van der Waals surface area contributed by atoms with Gasteiger partial charge in [0.25, 0.3) is 0 Å². The first kappa shape index (κ1) is 28.0. The monoisotopic (exact) mass is 507 g/mol. The molecule has 1 aromatic rings. The quantitative estimate of drug-likeness (QED) is 0.288. The number of carbonyl (C=O) groups is 3. The molecule has 0 spiro atoms. The standard InChI is InChI=1S/C25H37N3O8/c1-13(2)18(23(32)33)28-22(31)14(3)27-17(29)11-16(26-12-15-9-7-6-8-10-15)20-19(30)21-24(34-20)36-25(4,5)35-21/h6-10,13-14,16,18-21,24,26,30H,11-12H2,1-5H3,(H,27,29)(H,28,31)(H,32,33)/t14-,16-,18-,19-,20?,21+,24+/m0/s1. The molecular weight excluding hydrogens is 470 g/mol. The Morgan fingerprint density at radius 2 is 1.72 bits per heavy atom. The zero-order valence-electron chi connectivity index (χ0n) is 21.3.